The van der Waals surface area contributed by atoms with E-state index >= 15 is 0 Å². The Morgan fingerprint density at radius 1 is 1.62 bits per heavy atom. The molecule has 0 aromatic rings. The van der Waals surface area contributed by atoms with Crippen LogP contribution in [0.2, 0.25) is 0 Å². The zero-order chi connectivity index (χ0) is 5.98. The number of halogens is 1. The van der Waals surface area contributed by atoms with Gasteiger partial charge < -0.3 is 0 Å². The third-order valence-electron chi connectivity index (χ3n) is 2.05. The SMILES string of the molecule is CCC(I)C1CCC1. The van der Waals surface area contributed by atoms with Crippen molar-refractivity contribution >= 4 is 22.6 Å². The minimum Gasteiger partial charge on any atom is -0.0823 e. The van der Waals surface area contributed by atoms with Crippen LogP contribution in [-0.4, -0.2) is 3.92 Å². The van der Waals surface area contributed by atoms with Crippen molar-refractivity contribution in [3.63, 3.8) is 0 Å². The van der Waals surface area contributed by atoms with Crippen LogP contribution in [0.4, 0.5) is 0 Å². The highest BCUT2D eigenvalue weighted by molar-refractivity contribution is 14.1. The Bertz CT molecular complexity index is 64.0. The Balaban J connectivity index is 2.13. The fourth-order valence-corrected chi connectivity index (χ4v) is 1.85. The second kappa shape index (κ2) is 3.04. The highest BCUT2D eigenvalue weighted by atomic mass is 127. The zero-order valence-electron chi connectivity index (χ0n) is 5.36. The van der Waals surface area contributed by atoms with Gasteiger partial charge in [0.05, 0.1) is 0 Å². The molecule has 1 atom stereocenters. The molecule has 1 saturated carbocycles. The van der Waals surface area contributed by atoms with Crippen LogP contribution in [0.3, 0.4) is 0 Å². The van der Waals surface area contributed by atoms with Crippen molar-refractivity contribution in [2.45, 2.75) is 36.5 Å². The van der Waals surface area contributed by atoms with Crippen LogP contribution in [-0.2, 0) is 0 Å². The summed E-state index contributed by atoms with van der Waals surface area (Å²) >= 11 is 2.58. The summed E-state index contributed by atoms with van der Waals surface area (Å²) in [7, 11) is 0. The zero-order valence-corrected chi connectivity index (χ0v) is 7.52. The molecule has 0 aromatic carbocycles. The molecule has 0 aliphatic heterocycles. The lowest BCUT2D eigenvalue weighted by molar-refractivity contribution is 0.310. The van der Waals surface area contributed by atoms with Gasteiger partial charge in [-0.15, -0.1) is 0 Å². The van der Waals surface area contributed by atoms with Gasteiger partial charge in [0.25, 0.3) is 0 Å². The van der Waals surface area contributed by atoms with Crippen LogP contribution in [0.5, 0.6) is 0 Å². The van der Waals surface area contributed by atoms with Crippen LogP contribution >= 0.6 is 22.6 Å². The Labute approximate surface area is 65.2 Å². The number of alkyl halides is 1. The van der Waals surface area contributed by atoms with Crippen LogP contribution in [0, 0.1) is 5.92 Å². The molecule has 1 rings (SSSR count). The maximum Gasteiger partial charge on any atom is 0.0135 e. The summed E-state index contributed by atoms with van der Waals surface area (Å²) in [5, 5.41) is 0. The Morgan fingerprint density at radius 3 is 2.38 bits per heavy atom. The lowest BCUT2D eigenvalue weighted by Crippen LogP contribution is -2.20. The number of hydrogen-bond acceptors (Lipinski definition) is 0. The molecule has 0 nitrogen and oxygen atoms in total. The maximum atomic E-state index is 2.58. The predicted octanol–water partition coefficient (Wildman–Crippen LogP) is 3.00. The second-order valence-electron chi connectivity index (χ2n) is 2.62. The molecular formula is C7H13I. The van der Waals surface area contributed by atoms with E-state index in [0.29, 0.717) is 0 Å². The highest BCUT2D eigenvalue weighted by Gasteiger charge is 2.23. The highest BCUT2D eigenvalue weighted by Crippen LogP contribution is 2.34. The fraction of sp³-hybridized carbons (Fsp3) is 1.00. The predicted molar refractivity (Wildman–Crippen MR) is 45.4 cm³/mol. The largest absolute Gasteiger partial charge is 0.0823 e. The summed E-state index contributed by atoms with van der Waals surface area (Å²) in [4.78, 5) is 0. The van der Waals surface area contributed by atoms with Crippen molar-refractivity contribution in [3.05, 3.63) is 0 Å². The number of rotatable bonds is 2. The molecule has 1 heteroatoms. The summed E-state index contributed by atoms with van der Waals surface area (Å²) in [6, 6.07) is 0. The van der Waals surface area contributed by atoms with Crippen LogP contribution in [0.1, 0.15) is 32.6 Å². The van der Waals surface area contributed by atoms with Gasteiger partial charge >= 0.3 is 0 Å². The summed E-state index contributed by atoms with van der Waals surface area (Å²) in [6.07, 6.45) is 5.86. The van der Waals surface area contributed by atoms with Crippen molar-refractivity contribution in [1.29, 1.82) is 0 Å². The van der Waals surface area contributed by atoms with E-state index in [-0.39, 0.29) is 0 Å². The first-order chi connectivity index (χ1) is 3.84. The molecule has 0 aromatic heterocycles. The van der Waals surface area contributed by atoms with Crippen LogP contribution in [0.15, 0.2) is 0 Å². The van der Waals surface area contributed by atoms with Gasteiger partial charge in [0, 0.05) is 3.92 Å². The van der Waals surface area contributed by atoms with E-state index in [0.717, 1.165) is 9.84 Å². The summed E-state index contributed by atoms with van der Waals surface area (Å²) in [5.74, 6) is 1.08. The van der Waals surface area contributed by atoms with E-state index in [1.165, 1.54) is 25.7 Å². The molecule has 48 valence electrons. The third-order valence-corrected chi connectivity index (χ3v) is 3.95. The molecule has 0 heterocycles. The molecule has 0 saturated heterocycles. The van der Waals surface area contributed by atoms with E-state index < -0.39 is 0 Å². The van der Waals surface area contributed by atoms with E-state index in [2.05, 4.69) is 29.5 Å². The van der Waals surface area contributed by atoms with Crippen LogP contribution < -0.4 is 0 Å². The van der Waals surface area contributed by atoms with Crippen molar-refractivity contribution in [2.75, 3.05) is 0 Å². The summed E-state index contributed by atoms with van der Waals surface area (Å²) in [6.45, 7) is 2.29. The lowest BCUT2D eigenvalue weighted by atomic mass is 9.82. The van der Waals surface area contributed by atoms with Crippen molar-refractivity contribution in [3.8, 4) is 0 Å². The van der Waals surface area contributed by atoms with Gasteiger partial charge in [-0.3, -0.25) is 0 Å². The van der Waals surface area contributed by atoms with E-state index in [1.54, 1.807) is 0 Å². The summed E-state index contributed by atoms with van der Waals surface area (Å²) < 4.78 is 0.973. The monoisotopic (exact) mass is 224 g/mol. The third kappa shape index (κ3) is 1.36. The molecule has 1 aliphatic carbocycles. The van der Waals surface area contributed by atoms with E-state index in [9.17, 15) is 0 Å². The first kappa shape index (κ1) is 6.84. The standard InChI is InChI=1S/C7H13I/c1-2-7(8)6-4-3-5-6/h6-7H,2-5H2,1H3. The Morgan fingerprint density at radius 2 is 2.25 bits per heavy atom. The molecule has 0 bridgehead atoms. The Hall–Kier alpha value is 0.730. The van der Waals surface area contributed by atoms with Gasteiger partial charge in [0.1, 0.15) is 0 Å². The molecule has 0 amide bonds. The average Bonchev–Trinajstić information content (AvgIpc) is 1.62. The van der Waals surface area contributed by atoms with Gasteiger partial charge in [-0.05, 0) is 25.2 Å². The second-order valence-corrected chi connectivity index (χ2v) is 4.22. The van der Waals surface area contributed by atoms with Gasteiger partial charge in [-0.25, -0.2) is 0 Å². The molecule has 1 unspecified atom stereocenters. The van der Waals surface area contributed by atoms with E-state index in [1.807, 2.05) is 0 Å². The minimum absolute atomic E-state index is 0.973. The quantitative estimate of drug-likeness (QED) is 0.499. The molecule has 1 fully saturated rings. The van der Waals surface area contributed by atoms with Crippen molar-refractivity contribution in [1.82, 2.24) is 0 Å². The summed E-state index contributed by atoms with van der Waals surface area (Å²) in [5.41, 5.74) is 0. The normalized spacial score (nSPS) is 24.8. The molecule has 0 radical (unpaired) electrons. The first-order valence-electron chi connectivity index (χ1n) is 3.48. The van der Waals surface area contributed by atoms with Gasteiger partial charge in [-0.2, -0.15) is 0 Å². The fourth-order valence-electron chi connectivity index (χ4n) is 1.13. The van der Waals surface area contributed by atoms with E-state index in [4.69, 9.17) is 0 Å². The molecular weight excluding hydrogens is 211 g/mol. The van der Waals surface area contributed by atoms with Gasteiger partial charge in [-0.1, -0.05) is 35.9 Å². The minimum atomic E-state index is 0.973. The van der Waals surface area contributed by atoms with Crippen LogP contribution in [0.25, 0.3) is 0 Å². The molecule has 0 spiro atoms. The topological polar surface area (TPSA) is 0 Å². The lowest BCUT2D eigenvalue weighted by Gasteiger charge is -2.29. The molecule has 0 N–H and O–H groups in total. The first-order valence-corrected chi connectivity index (χ1v) is 4.73. The van der Waals surface area contributed by atoms with Gasteiger partial charge in [0.15, 0.2) is 0 Å². The van der Waals surface area contributed by atoms with Gasteiger partial charge in [0.2, 0.25) is 0 Å². The molecule has 1 aliphatic rings. The average molecular weight is 224 g/mol. The molecule has 8 heavy (non-hydrogen) atoms. The van der Waals surface area contributed by atoms with Crippen molar-refractivity contribution < 1.29 is 0 Å². The number of hydrogen-bond donors (Lipinski definition) is 0. The smallest absolute Gasteiger partial charge is 0.0135 e. The maximum absolute atomic E-state index is 2.58. The van der Waals surface area contributed by atoms with Crippen molar-refractivity contribution in [2.24, 2.45) is 5.92 Å². The Kier molecular flexibility index (Phi) is 2.60.